The van der Waals surface area contributed by atoms with Gasteiger partial charge in [0.05, 0.1) is 16.1 Å². The lowest BCUT2D eigenvalue weighted by molar-refractivity contribution is -0.384. The first-order valence-electron chi connectivity index (χ1n) is 8.59. The summed E-state index contributed by atoms with van der Waals surface area (Å²) in [5.74, 6) is -1.40. The molecule has 0 saturated carbocycles. The third kappa shape index (κ3) is 4.81. The van der Waals surface area contributed by atoms with Gasteiger partial charge in [-0.2, -0.15) is 0 Å². The number of imide groups is 1. The molecule has 2 N–H and O–H groups in total. The fourth-order valence-electron chi connectivity index (χ4n) is 2.61. The van der Waals surface area contributed by atoms with Gasteiger partial charge in [-0.3, -0.25) is 29.4 Å². The lowest BCUT2D eigenvalue weighted by atomic mass is 10.1. The summed E-state index contributed by atoms with van der Waals surface area (Å²) in [6.07, 6.45) is 0.346. The Morgan fingerprint density at radius 1 is 1.11 bits per heavy atom. The van der Waals surface area contributed by atoms with Crippen LogP contribution in [0.25, 0.3) is 0 Å². The second kappa shape index (κ2) is 8.93. The second-order valence-corrected chi connectivity index (χ2v) is 6.33. The summed E-state index contributed by atoms with van der Waals surface area (Å²) in [6, 6.07) is 3.27. The summed E-state index contributed by atoms with van der Waals surface area (Å²) in [7, 11) is 3.21. The number of benzene rings is 1. The smallest absolute Gasteiger partial charge is 0.316 e. The van der Waals surface area contributed by atoms with Crippen LogP contribution in [0.1, 0.15) is 33.6 Å². The van der Waals surface area contributed by atoms with Gasteiger partial charge in [-0.05, 0) is 12.5 Å². The minimum Gasteiger partial charge on any atom is -0.354 e. The van der Waals surface area contributed by atoms with Crippen LogP contribution in [0.5, 0.6) is 0 Å². The first-order valence-corrected chi connectivity index (χ1v) is 8.59. The van der Waals surface area contributed by atoms with Gasteiger partial charge in [-0.25, -0.2) is 4.79 Å². The normalized spacial score (nSPS) is 12.6. The zero-order valence-corrected chi connectivity index (χ0v) is 15.6. The summed E-state index contributed by atoms with van der Waals surface area (Å²) in [4.78, 5) is 60.3. The number of urea groups is 1. The van der Waals surface area contributed by atoms with E-state index in [1.165, 1.54) is 17.0 Å². The molecule has 0 atom stereocenters. The van der Waals surface area contributed by atoms with Crippen LogP contribution < -0.4 is 10.6 Å². The second-order valence-electron chi connectivity index (χ2n) is 6.33. The number of hydrogen-bond acceptors (Lipinski definition) is 6. The van der Waals surface area contributed by atoms with Gasteiger partial charge in [0.1, 0.15) is 0 Å². The number of carbonyl (C=O) groups is 4. The molecule has 2 rings (SSSR count). The Bertz CT molecular complexity index is 822. The molecule has 1 aromatic carbocycles. The summed E-state index contributed by atoms with van der Waals surface area (Å²) in [5.41, 5.74) is -0.139. The van der Waals surface area contributed by atoms with Crippen LogP contribution in [0.4, 0.5) is 10.5 Å². The highest BCUT2D eigenvalue weighted by atomic mass is 16.6. The molecule has 1 heterocycles. The molecule has 0 bridgehead atoms. The first kappa shape index (κ1) is 20.8. The maximum absolute atomic E-state index is 12.3. The standard InChI is InChI=1S/C17H21N5O6/c1-20(2)17(26)19-8-7-18-14(23)4-3-9-21-15(24)12-6-5-11(22(27)28)10-13(12)16(21)25/h5-6,10H,3-4,7-9H2,1-2H3,(H,18,23)(H,19,26). The SMILES string of the molecule is CN(C)C(=O)NCCNC(=O)CCCN1C(=O)c2ccc([N+](=O)[O-])cc2C1=O. The number of fused-ring (bicyclic) bond motifs is 1. The van der Waals surface area contributed by atoms with Crippen LogP contribution in [0.3, 0.4) is 0 Å². The molecule has 0 radical (unpaired) electrons. The lowest BCUT2D eigenvalue weighted by Crippen LogP contribution is -2.39. The minimum atomic E-state index is -0.633. The van der Waals surface area contributed by atoms with Crippen molar-refractivity contribution >= 4 is 29.4 Å². The van der Waals surface area contributed by atoms with E-state index in [1.807, 2.05) is 0 Å². The van der Waals surface area contributed by atoms with Crippen LogP contribution in [0, 0.1) is 10.1 Å². The van der Waals surface area contributed by atoms with Gasteiger partial charge in [0.25, 0.3) is 17.5 Å². The molecule has 1 aromatic rings. The maximum Gasteiger partial charge on any atom is 0.316 e. The Kier molecular flexibility index (Phi) is 6.64. The van der Waals surface area contributed by atoms with E-state index in [9.17, 15) is 29.3 Å². The molecular weight excluding hydrogens is 370 g/mol. The van der Waals surface area contributed by atoms with Crippen molar-refractivity contribution in [1.29, 1.82) is 0 Å². The summed E-state index contributed by atoms with van der Waals surface area (Å²) in [5, 5.41) is 16.0. The number of non-ortho nitro benzene ring substituents is 1. The molecular formula is C17H21N5O6. The molecule has 0 unspecified atom stereocenters. The zero-order valence-electron chi connectivity index (χ0n) is 15.6. The van der Waals surface area contributed by atoms with Crippen molar-refractivity contribution < 1.29 is 24.1 Å². The van der Waals surface area contributed by atoms with Crippen molar-refractivity contribution in [2.75, 3.05) is 33.7 Å². The number of nitro groups is 1. The molecule has 11 heteroatoms. The van der Waals surface area contributed by atoms with E-state index in [0.29, 0.717) is 0 Å². The van der Waals surface area contributed by atoms with Crippen molar-refractivity contribution in [1.82, 2.24) is 20.4 Å². The molecule has 0 aliphatic carbocycles. The van der Waals surface area contributed by atoms with Crippen LogP contribution in [-0.4, -0.2) is 72.2 Å². The highest BCUT2D eigenvalue weighted by Gasteiger charge is 2.36. The Morgan fingerprint density at radius 3 is 2.39 bits per heavy atom. The van der Waals surface area contributed by atoms with Crippen molar-refractivity contribution in [3.05, 3.63) is 39.4 Å². The Morgan fingerprint density at radius 2 is 1.75 bits per heavy atom. The highest BCUT2D eigenvalue weighted by Crippen LogP contribution is 2.26. The molecule has 0 aromatic heterocycles. The Balaban J connectivity index is 1.78. The molecule has 0 saturated heterocycles. The van der Waals surface area contributed by atoms with Crippen LogP contribution in [0.2, 0.25) is 0 Å². The molecule has 11 nitrogen and oxygen atoms in total. The van der Waals surface area contributed by atoms with E-state index in [-0.39, 0.29) is 61.2 Å². The number of amides is 5. The average molecular weight is 391 g/mol. The van der Waals surface area contributed by atoms with E-state index in [1.54, 1.807) is 14.1 Å². The van der Waals surface area contributed by atoms with Crippen LogP contribution >= 0.6 is 0 Å². The molecule has 28 heavy (non-hydrogen) atoms. The van der Waals surface area contributed by atoms with E-state index < -0.39 is 16.7 Å². The summed E-state index contributed by atoms with van der Waals surface area (Å²) in [6.45, 7) is 0.569. The number of nitrogens with zero attached hydrogens (tertiary/aromatic N) is 3. The topological polar surface area (TPSA) is 142 Å². The quantitative estimate of drug-likeness (QED) is 0.284. The largest absolute Gasteiger partial charge is 0.354 e. The Labute approximate surface area is 160 Å². The van der Waals surface area contributed by atoms with Crippen LogP contribution in [0.15, 0.2) is 18.2 Å². The van der Waals surface area contributed by atoms with E-state index in [2.05, 4.69) is 10.6 Å². The van der Waals surface area contributed by atoms with E-state index in [0.717, 1.165) is 11.0 Å². The molecule has 1 aliphatic rings. The first-order chi connectivity index (χ1) is 13.2. The minimum absolute atomic E-state index is 0.000264. The number of nitrogens with one attached hydrogen (secondary N) is 2. The van der Waals surface area contributed by atoms with Gasteiger partial charge in [0, 0.05) is 52.3 Å². The predicted molar refractivity (Wildman–Crippen MR) is 97.8 cm³/mol. The van der Waals surface area contributed by atoms with Crippen molar-refractivity contribution in [3.63, 3.8) is 0 Å². The zero-order chi connectivity index (χ0) is 20.8. The van der Waals surface area contributed by atoms with E-state index >= 15 is 0 Å². The molecule has 1 aliphatic heterocycles. The van der Waals surface area contributed by atoms with Gasteiger partial charge < -0.3 is 15.5 Å². The molecule has 0 fully saturated rings. The lowest BCUT2D eigenvalue weighted by Gasteiger charge is -2.14. The monoisotopic (exact) mass is 391 g/mol. The Hall–Kier alpha value is -3.50. The van der Waals surface area contributed by atoms with Gasteiger partial charge in [-0.1, -0.05) is 0 Å². The van der Waals surface area contributed by atoms with Gasteiger partial charge in [-0.15, -0.1) is 0 Å². The van der Waals surface area contributed by atoms with Gasteiger partial charge in [0.15, 0.2) is 0 Å². The fourth-order valence-corrected chi connectivity index (χ4v) is 2.61. The van der Waals surface area contributed by atoms with Crippen molar-refractivity contribution in [3.8, 4) is 0 Å². The third-order valence-electron chi connectivity index (χ3n) is 4.08. The van der Waals surface area contributed by atoms with Crippen molar-refractivity contribution in [2.45, 2.75) is 12.8 Å². The number of hydrogen-bond donors (Lipinski definition) is 2. The van der Waals surface area contributed by atoms with Gasteiger partial charge in [0.2, 0.25) is 5.91 Å². The van der Waals surface area contributed by atoms with Gasteiger partial charge >= 0.3 is 6.03 Å². The van der Waals surface area contributed by atoms with Crippen molar-refractivity contribution in [2.24, 2.45) is 0 Å². The predicted octanol–water partition coefficient (Wildman–Crippen LogP) is 0.358. The highest BCUT2D eigenvalue weighted by molar-refractivity contribution is 6.21. The number of carbonyl (C=O) groups excluding carboxylic acids is 4. The summed E-state index contributed by atoms with van der Waals surface area (Å²) < 4.78 is 0. The average Bonchev–Trinajstić information content (AvgIpc) is 2.89. The fraction of sp³-hybridized carbons (Fsp3) is 0.412. The molecule has 0 spiro atoms. The number of nitro benzene ring substituents is 1. The third-order valence-corrected chi connectivity index (χ3v) is 4.08. The molecule has 150 valence electrons. The summed E-state index contributed by atoms with van der Waals surface area (Å²) >= 11 is 0. The molecule has 5 amide bonds. The van der Waals surface area contributed by atoms with Crippen LogP contribution in [-0.2, 0) is 4.79 Å². The number of rotatable bonds is 8. The van der Waals surface area contributed by atoms with E-state index in [4.69, 9.17) is 0 Å². The maximum atomic E-state index is 12.3.